The van der Waals surface area contributed by atoms with Gasteiger partial charge in [0.25, 0.3) is 5.91 Å². The van der Waals surface area contributed by atoms with Gasteiger partial charge in [0.15, 0.2) is 5.82 Å². The number of anilines is 1. The van der Waals surface area contributed by atoms with E-state index >= 15 is 0 Å². The van der Waals surface area contributed by atoms with Crippen molar-refractivity contribution in [3.05, 3.63) is 59.7 Å². The molecule has 0 spiro atoms. The number of benzene rings is 2. The molecule has 0 aliphatic heterocycles. The molecule has 1 aromatic heterocycles. The summed E-state index contributed by atoms with van der Waals surface area (Å²) < 4.78 is 61.1. The number of rotatable bonds is 4. The Morgan fingerprint density at radius 2 is 1.79 bits per heavy atom. The van der Waals surface area contributed by atoms with E-state index in [1.165, 1.54) is 30.3 Å². The van der Waals surface area contributed by atoms with E-state index in [4.69, 9.17) is 0 Å². The number of nitrogens with one attached hydrogen (secondary N) is 2. The van der Waals surface area contributed by atoms with Crippen molar-refractivity contribution >= 4 is 21.4 Å². The normalized spacial score (nSPS) is 12.0. The van der Waals surface area contributed by atoms with Crippen LogP contribution in [0.15, 0.2) is 53.7 Å². The minimum atomic E-state index is -4.54. The topological polar surface area (TPSA) is 105 Å². The van der Waals surface area contributed by atoms with Gasteiger partial charge in [0.1, 0.15) is 0 Å². The highest BCUT2D eigenvalue weighted by Gasteiger charge is 2.30. The van der Waals surface area contributed by atoms with Crippen molar-refractivity contribution < 1.29 is 26.4 Å². The van der Waals surface area contributed by atoms with Gasteiger partial charge in [-0.15, -0.1) is 0 Å². The zero-order valence-electron chi connectivity index (χ0n) is 14.3. The standard InChI is InChI=1S/C17H13F3N4O3S/c1-28(26,27)16-22-14(23-24-16)10-5-7-13(8-6-10)21-15(25)11-3-2-4-12(9-11)17(18,19)20/h2-9H,1H3,(H,21,25)(H,22,23,24). The molecule has 2 aromatic carbocycles. The Morgan fingerprint density at radius 1 is 1.11 bits per heavy atom. The van der Waals surface area contributed by atoms with Crippen molar-refractivity contribution in [2.45, 2.75) is 11.3 Å². The Bertz CT molecular complexity index is 1120. The average molecular weight is 410 g/mol. The molecule has 3 aromatic rings. The van der Waals surface area contributed by atoms with E-state index in [1.807, 2.05) is 0 Å². The summed E-state index contributed by atoms with van der Waals surface area (Å²) in [6, 6.07) is 10.2. The molecule has 0 aliphatic rings. The van der Waals surface area contributed by atoms with E-state index in [2.05, 4.69) is 20.5 Å². The van der Waals surface area contributed by atoms with Crippen molar-refractivity contribution in [3.8, 4) is 11.4 Å². The summed E-state index contributed by atoms with van der Waals surface area (Å²) in [5, 5.41) is 8.35. The molecule has 7 nitrogen and oxygen atoms in total. The highest BCUT2D eigenvalue weighted by molar-refractivity contribution is 7.90. The Balaban J connectivity index is 1.76. The predicted molar refractivity (Wildman–Crippen MR) is 94.3 cm³/mol. The highest BCUT2D eigenvalue weighted by atomic mass is 32.2. The second kappa shape index (κ2) is 7.08. The molecule has 1 amide bonds. The Morgan fingerprint density at radius 3 is 2.36 bits per heavy atom. The number of amides is 1. The number of hydrogen-bond acceptors (Lipinski definition) is 5. The van der Waals surface area contributed by atoms with Crippen LogP contribution in [0.25, 0.3) is 11.4 Å². The quantitative estimate of drug-likeness (QED) is 0.688. The van der Waals surface area contributed by atoms with Crippen LogP contribution in [0.2, 0.25) is 0 Å². The molecule has 0 radical (unpaired) electrons. The summed E-state index contributed by atoms with van der Waals surface area (Å²) in [4.78, 5) is 16.1. The first-order valence-electron chi connectivity index (χ1n) is 7.75. The Labute approximate surface area is 157 Å². The Hall–Kier alpha value is -3.21. The second-order valence-electron chi connectivity index (χ2n) is 5.85. The summed E-state index contributed by atoms with van der Waals surface area (Å²) in [6.45, 7) is 0. The molecule has 3 rings (SSSR count). The molecule has 28 heavy (non-hydrogen) atoms. The smallest absolute Gasteiger partial charge is 0.322 e. The molecule has 0 saturated heterocycles. The first kappa shape index (κ1) is 19.5. The van der Waals surface area contributed by atoms with E-state index in [0.717, 1.165) is 24.5 Å². The van der Waals surface area contributed by atoms with Gasteiger partial charge >= 0.3 is 6.18 Å². The molecular formula is C17H13F3N4O3S. The van der Waals surface area contributed by atoms with Gasteiger partial charge in [0, 0.05) is 23.1 Å². The lowest BCUT2D eigenvalue weighted by Gasteiger charge is -2.09. The third kappa shape index (κ3) is 4.36. The van der Waals surface area contributed by atoms with Gasteiger partial charge in [-0.2, -0.15) is 23.3 Å². The average Bonchev–Trinajstić information content (AvgIpc) is 3.12. The number of aromatic amines is 1. The molecule has 2 N–H and O–H groups in total. The summed E-state index contributed by atoms with van der Waals surface area (Å²) in [5.41, 5.74) is -0.222. The van der Waals surface area contributed by atoms with Crippen LogP contribution in [0.1, 0.15) is 15.9 Å². The van der Waals surface area contributed by atoms with Crippen LogP contribution < -0.4 is 5.32 Å². The number of H-pyrrole nitrogens is 1. The van der Waals surface area contributed by atoms with Gasteiger partial charge in [-0.05, 0) is 42.5 Å². The van der Waals surface area contributed by atoms with Crippen molar-refractivity contribution in [1.82, 2.24) is 15.2 Å². The fourth-order valence-electron chi connectivity index (χ4n) is 2.28. The molecule has 11 heteroatoms. The highest BCUT2D eigenvalue weighted by Crippen LogP contribution is 2.29. The van der Waals surface area contributed by atoms with Crippen LogP contribution in [0.5, 0.6) is 0 Å². The number of aromatic nitrogens is 3. The summed E-state index contributed by atoms with van der Waals surface area (Å²) in [7, 11) is -3.53. The number of carbonyl (C=O) groups excluding carboxylic acids is 1. The maximum atomic E-state index is 12.8. The summed E-state index contributed by atoms with van der Waals surface area (Å²) in [5.74, 6) is -0.549. The monoisotopic (exact) mass is 410 g/mol. The van der Waals surface area contributed by atoms with Gasteiger partial charge in [0.05, 0.1) is 5.56 Å². The number of sulfone groups is 1. The zero-order valence-corrected chi connectivity index (χ0v) is 15.1. The molecule has 0 bridgehead atoms. The third-order valence-electron chi connectivity index (χ3n) is 3.67. The van der Waals surface area contributed by atoms with E-state index in [-0.39, 0.29) is 16.5 Å². The van der Waals surface area contributed by atoms with Gasteiger partial charge in [-0.3, -0.25) is 4.79 Å². The third-order valence-corrected chi connectivity index (χ3v) is 4.55. The minimum absolute atomic E-state index is 0.134. The van der Waals surface area contributed by atoms with Gasteiger partial charge < -0.3 is 5.32 Å². The van der Waals surface area contributed by atoms with Crippen LogP contribution in [0, 0.1) is 0 Å². The summed E-state index contributed by atoms with van der Waals surface area (Å²) >= 11 is 0. The lowest BCUT2D eigenvalue weighted by molar-refractivity contribution is -0.137. The van der Waals surface area contributed by atoms with Crippen LogP contribution >= 0.6 is 0 Å². The second-order valence-corrected chi connectivity index (χ2v) is 7.78. The molecule has 0 fully saturated rings. The number of halogens is 3. The molecule has 0 saturated carbocycles. The van der Waals surface area contributed by atoms with Crippen molar-refractivity contribution in [1.29, 1.82) is 0 Å². The van der Waals surface area contributed by atoms with Crippen molar-refractivity contribution in [3.63, 3.8) is 0 Å². The maximum absolute atomic E-state index is 12.8. The lowest BCUT2D eigenvalue weighted by atomic mass is 10.1. The molecular weight excluding hydrogens is 397 g/mol. The largest absolute Gasteiger partial charge is 0.416 e. The molecule has 0 aliphatic carbocycles. The summed E-state index contributed by atoms with van der Waals surface area (Å²) in [6.07, 6.45) is -3.55. The molecule has 146 valence electrons. The van der Waals surface area contributed by atoms with Crippen molar-refractivity contribution in [2.24, 2.45) is 0 Å². The van der Waals surface area contributed by atoms with E-state index < -0.39 is 27.5 Å². The van der Waals surface area contributed by atoms with Crippen molar-refractivity contribution in [2.75, 3.05) is 11.6 Å². The Kier molecular flexibility index (Phi) is 4.94. The first-order valence-corrected chi connectivity index (χ1v) is 9.65. The zero-order chi connectivity index (χ0) is 20.5. The van der Waals surface area contributed by atoms with E-state index in [9.17, 15) is 26.4 Å². The number of alkyl halides is 3. The fraction of sp³-hybridized carbons (Fsp3) is 0.118. The lowest BCUT2D eigenvalue weighted by Crippen LogP contribution is -2.13. The van der Waals surface area contributed by atoms with Gasteiger partial charge in [-0.1, -0.05) is 6.07 Å². The predicted octanol–water partition coefficient (Wildman–Crippen LogP) is 3.15. The maximum Gasteiger partial charge on any atom is 0.416 e. The molecule has 0 atom stereocenters. The first-order chi connectivity index (χ1) is 13.0. The van der Waals surface area contributed by atoms with Crippen LogP contribution in [0.4, 0.5) is 18.9 Å². The van der Waals surface area contributed by atoms with Gasteiger partial charge in [0.2, 0.25) is 15.0 Å². The number of carbonyl (C=O) groups is 1. The van der Waals surface area contributed by atoms with Gasteiger partial charge in [-0.25, -0.2) is 13.5 Å². The number of nitrogens with zero attached hydrogens (tertiary/aromatic N) is 2. The molecule has 1 heterocycles. The minimum Gasteiger partial charge on any atom is -0.322 e. The SMILES string of the molecule is CS(=O)(=O)c1nc(-c2ccc(NC(=O)c3cccc(C(F)(F)F)c3)cc2)n[nH]1. The fourth-order valence-corrected chi connectivity index (χ4v) is 2.75. The van der Waals surface area contributed by atoms with Crippen LogP contribution in [-0.2, 0) is 16.0 Å². The van der Waals surface area contributed by atoms with E-state index in [0.29, 0.717) is 11.3 Å². The van der Waals surface area contributed by atoms with E-state index in [1.54, 1.807) is 0 Å². The number of hydrogen-bond donors (Lipinski definition) is 2. The van der Waals surface area contributed by atoms with Crippen LogP contribution in [0.3, 0.4) is 0 Å². The molecule has 0 unspecified atom stereocenters. The van der Waals surface area contributed by atoms with Crippen LogP contribution in [-0.4, -0.2) is 35.8 Å².